The quantitative estimate of drug-likeness (QED) is 0.768. The summed E-state index contributed by atoms with van der Waals surface area (Å²) in [5.74, 6) is 1.18. The Hall–Kier alpha value is -1.33. The van der Waals surface area contributed by atoms with Crippen LogP contribution in [0.1, 0.15) is 48.9 Å². The average molecular weight is 266 g/mol. The van der Waals surface area contributed by atoms with Crippen LogP contribution in [0.3, 0.4) is 0 Å². The number of amides is 1. The smallest absolute Gasteiger partial charge is 0.287 e. The molecule has 19 heavy (non-hydrogen) atoms. The van der Waals surface area contributed by atoms with Crippen molar-refractivity contribution in [2.75, 3.05) is 6.54 Å². The summed E-state index contributed by atoms with van der Waals surface area (Å²) >= 11 is 0. The second-order valence-electron chi connectivity index (χ2n) is 5.56. The molecule has 0 spiro atoms. The van der Waals surface area contributed by atoms with E-state index >= 15 is 0 Å². The zero-order chi connectivity index (χ0) is 13.9. The molecule has 0 aliphatic heterocycles. The normalized spacial score (nSPS) is 27.2. The molecule has 2 rings (SSSR count). The first-order valence-corrected chi connectivity index (χ1v) is 6.82. The molecule has 5 heteroatoms. The predicted molar refractivity (Wildman–Crippen MR) is 71.5 cm³/mol. The standard InChI is InChI=1S/C14H22N2O3/c1-10-4-6-14(18,7-5-10)9-16-13(17)12-3-2-11(8-15)19-12/h2-3,10,18H,4-9,15H2,1H3,(H,16,17). The summed E-state index contributed by atoms with van der Waals surface area (Å²) in [6, 6.07) is 3.29. The van der Waals surface area contributed by atoms with Gasteiger partial charge in [-0.2, -0.15) is 0 Å². The number of nitrogens with two attached hydrogens (primary N) is 1. The molecule has 0 bridgehead atoms. The van der Waals surface area contributed by atoms with Crippen molar-refractivity contribution in [3.05, 3.63) is 23.7 Å². The van der Waals surface area contributed by atoms with Gasteiger partial charge in [0, 0.05) is 6.54 Å². The van der Waals surface area contributed by atoms with Crippen LogP contribution < -0.4 is 11.1 Å². The Bertz CT molecular complexity index is 434. The van der Waals surface area contributed by atoms with Gasteiger partial charge in [-0.1, -0.05) is 6.92 Å². The highest BCUT2D eigenvalue weighted by molar-refractivity contribution is 5.91. The lowest BCUT2D eigenvalue weighted by atomic mass is 9.79. The van der Waals surface area contributed by atoms with Crippen LogP contribution in [-0.2, 0) is 6.54 Å². The van der Waals surface area contributed by atoms with E-state index < -0.39 is 5.60 Å². The first-order chi connectivity index (χ1) is 9.02. The summed E-state index contributed by atoms with van der Waals surface area (Å²) in [4.78, 5) is 11.9. The van der Waals surface area contributed by atoms with Crippen molar-refractivity contribution >= 4 is 5.91 Å². The van der Waals surface area contributed by atoms with E-state index in [0.29, 0.717) is 11.7 Å². The topological polar surface area (TPSA) is 88.5 Å². The fourth-order valence-corrected chi connectivity index (χ4v) is 2.42. The number of carbonyl (C=O) groups excluding carboxylic acids is 1. The van der Waals surface area contributed by atoms with Crippen molar-refractivity contribution < 1.29 is 14.3 Å². The highest BCUT2D eigenvalue weighted by atomic mass is 16.4. The zero-order valence-electron chi connectivity index (χ0n) is 11.3. The van der Waals surface area contributed by atoms with Crippen molar-refractivity contribution in [3.8, 4) is 0 Å². The van der Waals surface area contributed by atoms with Crippen molar-refractivity contribution in [1.82, 2.24) is 5.32 Å². The number of hydrogen-bond acceptors (Lipinski definition) is 4. The molecule has 0 aromatic carbocycles. The lowest BCUT2D eigenvalue weighted by molar-refractivity contribution is -0.00559. The molecule has 1 fully saturated rings. The Balaban J connectivity index is 1.86. The molecule has 0 saturated heterocycles. The molecular formula is C14H22N2O3. The van der Waals surface area contributed by atoms with Gasteiger partial charge >= 0.3 is 0 Å². The van der Waals surface area contributed by atoms with Crippen LogP contribution in [0.2, 0.25) is 0 Å². The van der Waals surface area contributed by atoms with Crippen molar-refractivity contribution in [3.63, 3.8) is 0 Å². The first-order valence-electron chi connectivity index (χ1n) is 6.82. The summed E-state index contributed by atoms with van der Waals surface area (Å²) in [7, 11) is 0. The van der Waals surface area contributed by atoms with Gasteiger partial charge in [-0.05, 0) is 43.7 Å². The molecule has 0 atom stereocenters. The zero-order valence-corrected chi connectivity index (χ0v) is 11.3. The molecule has 1 aromatic rings. The lowest BCUT2D eigenvalue weighted by Gasteiger charge is -2.34. The van der Waals surface area contributed by atoms with E-state index in [2.05, 4.69) is 12.2 Å². The molecule has 1 amide bonds. The van der Waals surface area contributed by atoms with Gasteiger partial charge in [0.2, 0.25) is 0 Å². The Morgan fingerprint density at radius 3 is 2.79 bits per heavy atom. The third-order valence-corrected chi connectivity index (χ3v) is 3.87. The van der Waals surface area contributed by atoms with Crippen molar-refractivity contribution in [2.45, 2.75) is 44.8 Å². The second-order valence-corrected chi connectivity index (χ2v) is 5.56. The monoisotopic (exact) mass is 266 g/mol. The van der Waals surface area contributed by atoms with Gasteiger partial charge in [-0.3, -0.25) is 4.79 Å². The number of nitrogens with one attached hydrogen (secondary N) is 1. The van der Waals surface area contributed by atoms with Gasteiger partial charge < -0.3 is 20.6 Å². The van der Waals surface area contributed by atoms with Crippen LogP contribution in [0, 0.1) is 5.92 Å². The Morgan fingerprint density at radius 1 is 1.53 bits per heavy atom. The molecule has 106 valence electrons. The van der Waals surface area contributed by atoms with Gasteiger partial charge in [0.05, 0.1) is 12.1 Å². The summed E-state index contributed by atoms with van der Waals surface area (Å²) in [5.41, 5.74) is 4.65. The average Bonchev–Trinajstić information content (AvgIpc) is 2.89. The summed E-state index contributed by atoms with van der Waals surface area (Å²) in [6.07, 6.45) is 3.48. The summed E-state index contributed by atoms with van der Waals surface area (Å²) in [5, 5.41) is 13.1. The molecule has 1 aliphatic rings. The summed E-state index contributed by atoms with van der Waals surface area (Å²) in [6.45, 7) is 2.74. The molecular weight excluding hydrogens is 244 g/mol. The number of carbonyl (C=O) groups is 1. The van der Waals surface area contributed by atoms with Gasteiger partial charge in [0.15, 0.2) is 5.76 Å². The molecule has 1 aromatic heterocycles. The molecule has 0 unspecified atom stereocenters. The van der Waals surface area contributed by atoms with Crippen molar-refractivity contribution in [1.29, 1.82) is 0 Å². The Morgan fingerprint density at radius 2 is 2.21 bits per heavy atom. The third kappa shape index (κ3) is 3.58. The van der Waals surface area contributed by atoms with Crippen LogP contribution in [0.25, 0.3) is 0 Å². The van der Waals surface area contributed by atoms with E-state index in [4.69, 9.17) is 10.2 Å². The third-order valence-electron chi connectivity index (χ3n) is 3.87. The highest BCUT2D eigenvalue weighted by Crippen LogP contribution is 2.31. The fourth-order valence-electron chi connectivity index (χ4n) is 2.42. The maximum atomic E-state index is 11.9. The highest BCUT2D eigenvalue weighted by Gasteiger charge is 2.32. The minimum Gasteiger partial charge on any atom is -0.455 e. The van der Waals surface area contributed by atoms with Crippen LogP contribution in [-0.4, -0.2) is 23.2 Å². The van der Waals surface area contributed by atoms with Crippen LogP contribution in [0.4, 0.5) is 0 Å². The first kappa shape index (κ1) is 14.1. The van der Waals surface area contributed by atoms with Gasteiger partial charge in [-0.25, -0.2) is 0 Å². The predicted octanol–water partition coefficient (Wildman–Crippen LogP) is 1.41. The molecule has 1 saturated carbocycles. The van der Waals surface area contributed by atoms with Gasteiger partial charge in [0.1, 0.15) is 5.76 Å². The van der Waals surface area contributed by atoms with Crippen LogP contribution in [0.5, 0.6) is 0 Å². The van der Waals surface area contributed by atoms with E-state index in [1.54, 1.807) is 12.1 Å². The van der Waals surface area contributed by atoms with E-state index in [-0.39, 0.29) is 24.8 Å². The van der Waals surface area contributed by atoms with Gasteiger partial charge in [-0.15, -0.1) is 0 Å². The van der Waals surface area contributed by atoms with E-state index in [9.17, 15) is 9.90 Å². The molecule has 0 radical (unpaired) electrons. The largest absolute Gasteiger partial charge is 0.455 e. The molecule has 4 N–H and O–H groups in total. The van der Waals surface area contributed by atoms with Gasteiger partial charge in [0.25, 0.3) is 5.91 Å². The molecule has 5 nitrogen and oxygen atoms in total. The second kappa shape index (κ2) is 5.75. The SMILES string of the molecule is CC1CCC(O)(CNC(=O)c2ccc(CN)o2)CC1. The minimum atomic E-state index is -0.772. The lowest BCUT2D eigenvalue weighted by Crippen LogP contribution is -2.45. The fraction of sp³-hybridized carbons (Fsp3) is 0.643. The number of aliphatic hydroxyl groups is 1. The van der Waals surface area contributed by atoms with Crippen LogP contribution in [0.15, 0.2) is 16.5 Å². The van der Waals surface area contributed by atoms with E-state index in [1.807, 2.05) is 0 Å². The minimum absolute atomic E-state index is 0.244. The van der Waals surface area contributed by atoms with Crippen molar-refractivity contribution in [2.24, 2.45) is 11.7 Å². The maximum Gasteiger partial charge on any atom is 0.287 e. The molecule has 1 aliphatic carbocycles. The Labute approximate surface area is 113 Å². The van der Waals surface area contributed by atoms with E-state index in [0.717, 1.165) is 25.7 Å². The molecule has 1 heterocycles. The number of rotatable bonds is 4. The maximum absolute atomic E-state index is 11.9. The Kier molecular flexibility index (Phi) is 4.27. The van der Waals surface area contributed by atoms with Crippen LogP contribution >= 0.6 is 0 Å². The number of hydrogen-bond donors (Lipinski definition) is 3. The number of furan rings is 1. The van der Waals surface area contributed by atoms with E-state index in [1.165, 1.54) is 0 Å². The summed E-state index contributed by atoms with van der Waals surface area (Å²) < 4.78 is 5.27.